The van der Waals surface area contributed by atoms with Gasteiger partial charge in [0.25, 0.3) is 5.69 Å². The Morgan fingerprint density at radius 3 is 2.50 bits per heavy atom. The van der Waals surface area contributed by atoms with E-state index in [0.717, 1.165) is 24.1 Å². The molecule has 0 atom stereocenters. The third-order valence-electron chi connectivity index (χ3n) is 3.45. The number of hydrogen-bond acceptors (Lipinski definition) is 4. The summed E-state index contributed by atoms with van der Waals surface area (Å²) in [5, 5.41) is 14.1. The summed E-state index contributed by atoms with van der Waals surface area (Å²) < 4.78 is 5.26. The summed E-state index contributed by atoms with van der Waals surface area (Å²) in [4.78, 5) is 10.5. The molecule has 116 valence electrons. The van der Waals surface area contributed by atoms with Crippen LogP contribution in [-0.2, 0) is 13.0 Å². The van der Waals surface area contributed by atoms with E-state index in [-0.39, 0.29) is 5.69 Å². The number of nitro groups is 1. The first kappa shape index (κ1) is 15.8. The number of nitro benzene ring substituents is 1. The average molecular weight is 300 g/mol. The van der Waals surface area contributed by atoms with Crippen molar-refractivity contribution in [1.82, 2.24) is 0 Å². The highest BCUT2D eigenvalue weighted by atomic mass is 16.6. The molecular formula is C17H20N2O3. The van der Waals surface area contributed by atoms with Gasteiger partial charge in [0.15, 0.2) is 0 Å². The van der Waals surface area contributed by atoms with Crippen LogP contribution in [-0.4, -0.2) is 12.0 Å². The smallest absolute Gasteiger partial charge is 0.270 e. The molecule has 0 spiro atoms. The number of nitrogens with zero attached hydrogens (tertiary/aromatic N) is 1. The summed E-state index contributed by atoms with van der Waals surface area (Å²) in [6, 6.07) is 12.8. The Labute approximate surface area is 130 Å². The van der Waals surface area contributed by atoms with Crippen LogP contribution in [0.2, 0.25) is 0 Å². The highest BCUT2D eigenvalue weighted by Crippen LogP contribution is 2.25. The minimum absolute atomic E-state index is 0.0656. The number of hydrogen-bond donors (Lipinski definition) is 1. The Bertz CT molecular complexity index is 639. The molecule has 22 heavy (non-hydrogen) atoms. The lowest BCUT2D eigenvalue weighted by molar-refractivity contribution is -0.384. The maximum atomic E-state index is 10.9. The van der Waals surface area contributed by atoms with Crippen LogP contribution in [0.25, 0.3) is 0 Å². The Kier molecular flexibility index (Phi) is 5.36. The molecular weight excluding hydrogens is 280 g/mol. The molecule has 2 aromatic rings. The van der Waals surface area contributed by atoms with Crippen molar-refractivity contribution in [2.24, 2.45) is 0 Å². The van der Waals surface area contributed by atoms with Gasteiger partial charge < -0.3 is 10.1 Å². The predicted octanol–water partition coefficient (Wildman–Crippen LogP) is 4.17. The third-order valence-corrected chi connectivity index (χ3v) is 3.45. The van der Waals surface area contributed by atoms with E-state index in [1.165, 1.54) is 17.7 Å². The molecule has 0 fully saturated rings. The Morgan fingerprint density at radius 2 is 1.91 bits per heavy atom. The fourth-order valence-electron chi connectivity index (χ4n) is 2.29. The van der Waals surface area contributed by atoms with Crippen LogP contribution in [0.1, 0.15) is 24.5 Å². The van der Waals surface area contributed by atoms with Gasteiger partial charge in [0.05, 0.1) is 12.0 Å². The highest BCUT2D eigenvalue weighted by Gasteiger charge is 2.11. The number of non-ortho nitro benzene ring substituents is 1. The van der Waals surface area contributed by atoms with E-state index in [2.05, 4.69) is 24.4 Å². The van der Waals surface area contributed by atoms with Gasteiger partial charge in [-0.2, -0.15) is 0 Å². The van der Waals surface area contributed by atoms with Gasteiger partial charge in [0.2, 0.25) is 0 Å². The van der Waals surface area contributed by atoms with Crippen LogP contribution >= 0.6 is 0 Å². The summed E-state index contributed by atoms with van der Waals surface area (Å²) in [6.07, 6.45) is 2.19. The number of methoxy groups -OCH3 is 1. The van der Waals surface area contributed by atoms with E-state index >= 15 is 0 Å². The zero-order valence-electron chi connectivity index (χ0n) is 12.8. The molecule has 0 radical (unpaired) electrons. The molecule has 2 aromatic carbocycles. The van der Waals surface area contributed by atoms with Crippen LogP contribution in [0.3, 0.4) is 0 Å². The van der Waals surface area contributed by atoms with Crippen LogP contribution in [0.5, 0.6) is 5.75 Å². The fourth-order valence-corrected chi connectivity index (χ4v) is 2.29. The van der Waals surface area contributed by atoms with Crippen molar-refractivity contribution in [2.75, 3.05) is 12.4 Å². The maximum absolute atomic E-state index is 10.9. The maximum Gasteiger partial charge on any atom is 0.270 e. The summed E-state index contributed by atoms with van der Waals surface area (Å²) in [5.74, 6) is 0.640. The number of nitrogens with one attached hydrogen (secondary N) is 1. The second kappa shape index (κ2) is 7.45. The molecule has 0 unspecified atom stereocenters. The van der Waals surface area contributed by atoms with E-state index in [4.69, 9.17) is 4.74 Å². The van der Waals surface area contributed by atoms with Crippen molar-refractivity contribution < 1.29 is 9.66 Å². The van der Waals surface area contributed by atoms with Gasteiger partial charge >= 0.3 is 0 Å². The first-order valence-electron chi connectivity index (χ1n) is 7.28. The zero-order valence-corrected chi connectivity index (χ0v) is 12.8. The lowest BCUT2D eigenvalue weighted by atomic mass is 10.1. The second-order valence-corrected chi connectivity index (χ2v) is 5.05. The van der Waals surface area contributed by atoms with Crippen LogP contribution in [0.4, 0.5) is 11.4 Å². The number of aryl methyl sites for hydroxylation is 1. The molecule has 0 aliphatic rings. The molecule has 0 aliphatic carbocycles. The molecule has 0 heterocycles. The number of rotatable bonds is 7. The topological polar surface area (TPSA) is 64.4 Å². The summed E-state index contributed by atoms with van der Waals surface area (Å²) in [6.45, 7) is 2.62. The van der Waals surface area contributed by atoms with Crippen LogP contribution in [0.15, 0.2) is 42.5 Å². The molecule has 0 saturated heterocycles. The lowest BCUT2D eigenvalue weighted by Crippen LogP contribution is -2.03. The molecule has 0 bridgehead atoms. The second-order valence-electron chi connectivity index (χ2n) is 5.05. The summed E-state index contributed by atoms with van der Waals surface area (Å²) >= 11 is 0. The summed E-state index contributed by atoms with van der Waals surface area (Å²) in [7, 11) is 1.56. The number of anilines is 1. The SMILES string of the molecule is CCCc1ccc(NCc2cc([N+](=O)[O-])ccc2OC)cc1. The van der Waals surface area contributed by atoms with Crippen molar-refractivity contribution in [3.05, 3.63) is 63.7 Å². The quantitative estimate of drug-likeness (QED) is 0.615. The fraction of sp³-hybridized carbons (Fsp3) is 0.294. The van der Waals surface area contributed by atoms with Gasteiger partial charge in [-0.3, -0.25) is 10.1 Å². The van der Waals surface area contributed by atoms with Crippen LogP contribution < -0.4 is 10.1 Å². The van der Waals surface area contributed by atoms with Crippen molar-refractivity contribution >= 4 is 11.4 Å². The normalized spacial score (nSPS) is 10.3. The van der Waals surface area contributed by atoms with Gasteiger partial charge in [-0.05, 0) is 30.2 Å². The van der Waals surface area contributed by atoms with E-state index in [1.54, 1.807) is 13.2 Å². The first-order chi connectivity index (χ1) is 10.6. The number of benzene rings is 2. The van der Waals surface area contributed by atoms with E-state index < -0.39 is 4.92 Å². The molecule has 0 aromatic heterocycles. The highest BCUT2D eigenvalue weighted by molar-refractivity contribution is 5.49. The monoisotopic (exact) mass is 300 g/mol. The summed E-state index contributed by atoms with van der Waals surface area (Å²) in [5.41, 5.74) is 3.11. The van der Waals surface area contributed by atoms with Crippen molar-refractivity contribution in [1.29, 1.82) is 0 Å². The Morgan fingerprint density at radius 1 is 1.18 bits per heavy atom. The van der Waals surface area contributed by atoms with Gasteiger partial charge in [0, 0.05) is 29.9 Å². The Balaban J connectivity index is 2.09. The van der Waals surface area contributed by atoms with E-state index in [1.807, 2.05) is 12.1 Å². The molecule has 2 rings (SSSR count). The van der Waals surface area contributed by atoms with Gasteiger partial charge in [-0.25, -0.2) is 0 Å². The van der Waals surface area contributed by atoms with Crippen molar-refractivity contribution in [3.8, 4) is 5.75 Å². The molecule has 0 amide bonds. The predicted molar refractivity (Wildman–Crippen MR) is 87.4 cm³/mol. The van der Waals surface area contributed by atoms with Crippen molar-refractivity contribution in [3.63, 3.8) is 0 Å². The van der Waals surface area contributed by atoms with Gasteiger partial charge in [0.1, 0.15) is 5.75 Å². The minimum Gasteiger partial charge on any atom is -0.496 e. The standard InChI is InChI=1S/C17H20N2O3/c1-3-4-13-5-7-15(8-6-13)18-12-14-11-16(19(20)21)9-10-17(14)22-2/h5-11,18H,3-4,12H2,1-2H3. The first-order valence-corrected chi connectivity index (χ1v) is 7.28. The van der Waals surface area contributed by atoms with E-state index in [9.17, 15) is 10.1 Å². The Hall–Kier alpha value is -2.56. The largest absolute Gasteiger partial charge is 0.496 e. The third kappa shape index (κ3) is 3.97. The van der Waals surface area contributed by atoms with E-state index in [0.29, 0.717) is 12.3 Å². The molecule has 5 heteroatoms. The molecule has 0 saturated carbocycles. The number of ether oxygens (including phenoxy) is 1. The average Bonchev–Trinajstić information content (AvgIpc) is 2.54. The zero-order chi connectivity index (χ0) is 15.9. The van der Waals surface area contributed by atoms with Crippen molar-refractivity contribution in [2.45, 2.75) is 26.3 Å². The van der Waals surface area contributed by atoms with Crippen LogP contribution in [0, 0.1) is 10.1 Å². The molecule has 0 aliphatic heterocycles. The molecule has 5 nitrogen and oxygen atoms in total. The lowest BCUT2D eigenvalue weighted by Gasteiger charge is -2.11. The minimum atomic E-state index is -0.400. The molecule has 1 N–H and O–H groups in total. The van der Waals surface area contributed by atoms with Gasteiger partial charge in [-0.1, -0.05) is 25.5 Å². The van der Waals surface area contributed by atoms with Gasteiger partial charge in [-0.15, -0.1) is 0 Å².